The van der Waals surface area contributed by atoms with Crippen molar-refractivity contribution < 1.29 is 9.13 Å². The molecule has 1 N–H and O–H groups in total. The van der Waals surface area contributed by atoms with Crippen molar-refractivity contribution in [3.05, 3.63) is 54.6 Å². The molecule has 176 valence electrons. The Morgan fingerprint density at radius 2 is 1.91 bits per heavy atom. The maximum absolute atomic E-state index is 15.0. The lowest BCUT2D eigenvalue weighted by Gasteiger charge is -2.33. The highest BCUT2D eigenvalue weighted by molar-refractivity contribution is 5.64. The summed E-state index contributed by atoms with van der Waals surface area (Å²) in [6.45, 7) is 5.02. The third-order valence-corrected chi connectivity index (χ3v) is 7.06. The summed E-state index contributed by atoms with van der Waals surface area (Å²) in [4.78, 5) is 20.3. The first-order valence-corrected chi connectivity index (χ1v) is 11.8. The van der Waals surface area contributed by atoms with Crippen molar-refractivity contribution in [2.24, 2.45) is 0 Å². The van der Waals surface area contributed by atoms with Crippen LogP contribution < -0.4 is 15.1 Å². The Kier molecular flexibility index (Phi) is 5.50. The zero-order valence-electron chi connectivity index (χ0n) is 19.2. The van der Waals surface area contributed by atoms with E-state index in [0.717, 1.165) is 62.9 Å². The molecule has 5 heterocycles. The number of halogens is 1. The molecule has 0 unspecified atom stereocenters. The molecular weight excluding hydrogens is 433 g/mol. The summed E-state index contributed by atoms with van der Waals surface area (Å²) >= 11 is 0. The second-order valence-corrected chi connectivity index (χ2v) is 9.20. The SMILES string of the molecule is CN1C[C@@H]2C[C@H]1CN2c1ccc(Nc2nccc(-c3ccc(N4CCOCC4)nc3)n2)cc1F. The smallest absolute Gasteiger partial charge is 0.227 e. The monoisotopic (exact) mass is 461 g/mol. The van der Waals surface area contributed by atoms with Crippen LogP contribution in [0, 0.1) is 5.82 Å². The van der Waals surface area contributed by atoms with Gasteiger partial charge in [-0.05, 0) is 49.9 Å². The molecule has 0 radical (unpaired) electrons. The summed E-state index contributed by atoms with van der Waals surface area (Å²) in [7, 11) is 2.15. The van der Waals surface area contributed by atoms with Gasteiger partial charge in [-0.1, -0.05) is 0 Å². The lowest BCUT2D eigenvalue weighted by Crippen LogP contribution is -2.44. The van der Waals surface area contributed by atoms with E-state index in [2.05, 4.69) is 42.0 Å². The first-order chi connectivity index (χ1) is 16.6. The molecule has 3 aliphatic heterocycles. The second-order valence-electron chi connectivity index (χ2n) is 9.20. The molecule has 8 nitrogen and oxygen atoms in total. The number of likely N-dealkylation sites (N-methyl/N-ethyl adjacent to an activating group) is 1. The summed E-state index contributed by atoms with van der Waals surface area (Å²) in [5, 5.41) is 3.15. The van der Waals surface area contributed by atoms with Gasteiger partial charge in [-0.15, -0.1) is 0 Å². The third kappa shape index (κ3) is 4.05. The molecule has 0 saturated carbocycles. The number of likely N-dealkylation sites (tertiary alicyclic amines) is 1. The normalized spacial score (nSPS) is 22.4. The summed E-state index contributed by atoms with van der Waals surface area (Å²) in [6, 6.07) is 12.1. The van der Waals surface area contributed by atoms with Crippen molar-refractivity contribution in [1.82, 2.24) is 19.9 Å². The molecule has 3 aliphatic rings. The number of ether oxygens (including phenoxy) is 1. The van der Waals surface area contributed by atoms with E-state index in [1.54, 1.807) is 6.20 Å². The van der Waals surface area contributed by atoms with Crippen molar-refractivity contribution in [3.8, 4) is 11.3 Å². The van der Waals surface area contributed by atoms with Crippen LogP contribution in [-0.2, 0) is 4.74 Å². The number of pyridine rings is 1. The fraction of sp³-hybridized carbons (Fsp3) is 0.400. The van der Waals surface area contributed by atoms with Crippen LogP contribution >= 0.6 is 0 Å². The molecule has 0 spiro atoms. The topological polar surface area (TPSA) is 69.7 Å². The Bertz CT molecular complexity index is 1170. The Morgan fingerprint density at radius 1 is 1.03 bits per heavy atom. The number of hydrogen-bond donors (Lipinski definition) is 1. The predicted molar refractivity (Wildman–Crippen MR) is 130 cm³/mol. The van der Waals surface area contributed by atoms with Crippen molar-refractivity contribution in [2.45, 2.75) is 18.5 Å². The van der Waals surface area contributed by atoms with Crippen molar-refractivity contribution in [2.75, 3.05) is 61.6 Å². The van der Waals surface area contributed by atoms with Gasteiger partial charge in [0.2, 0.25) is 5.95 Å². The standard InChI is InChI=1S/C25H28FN7O/c1-31-15-20-13-19(31)16-33(20)23-4-3-18(12-21(23)26)29-25-27-7-6-22(30-25)17-2-5-24(28-14-17)32-8-10-34-11-9-32/h2-7,12,14,19-20H,8-11,13,15-16H2,1H3,(H,27,29,30)/t19-,20-/m0/s1. The van der Waals surface area contributed by atoms with Crippen LogP contribution in [0.2, 0.25) is 0 Å². The number of hydrogen-bond acceptors (Lipinski definition) is 8. The number of benzene rings is 1. The second kappa shape index (κ2) is 8.81. The molecule has 34 heavy (non-hydrogen) atoms. The van der Waals surface area contributed by atoms with E-state index in [1.165, 1.54) is 6.07 Å². The number of nitrogens with zero attached hydrogens (tertiary/aromatic N) is 6. The Labute approximate surface area is 198 Å². The van der Waals surface area contributed by atoms with Gasteiger partial charge in [0.05, 0.1) is 24.6 Å². The highest BCUT2D eigenvalue weighted by atomic mass is 19.1. The zero-order chi connectivity index (χ0) is 23.1. The summed E-state index contributed by atoms with van der Waals surface area (Å²) in [5.74, 6) is 1.14. The highest BCUT2D eigenvalue weighted by Crippen LogP contribution is 2.36. The Balaban J connectivity index is 1.16. The maximum atomic E-state index is 15.0. The van der Waals surface area contributed by atoms with Gasteiger partial charge >= 0.3 is 0 Å². The van der Waals surface area contributed by atoms with E-state index in [1.807, 2.05) is 36.5 Å². The molecule has 3 saturated heterocycles. The van der Waals surface area contributed by atoms with E-state index in [9.17, 15) is 0 Å². The van der Waals surface area contributed by atoms with Crippen LogP contribution in [0.5, 0.6) is 0 Å². The molecule has 2 bridgehead atoms. The lowest BCUT2D eigenvalue weighted by atomic mass is 10.2. The van der Waals surface area contributed by atoms with Crippen LogP contribution in [0.1, 0.15) is 6.42 Å². The Hall–Kier alpha value is -3.30. The summed E-state index contributed by atoms with van der Waals surface area (Å²) in [6.07, 6.45) is 4.63. The Morgan fingerprint density at radius 3 is 2.62 bits per heavy atom. The molecule has 0 amide bonds. The van der Waals surface area contributed by atoms with Crippen molar-refractivity contribution in [1.29, 1.82) is 0 Å². The molecule has 1 aromatic carbocycles. The summed E-state index contributed by atoms with van der Waals surface area (Å²) in [5.41, 5.74) is 2.96. The largest absolute Gasteiger partial charge is 0.378 e. The van der Waals surface area contributed by atoms with Gasteiger partial charge in [-0.2, -0.15) is 0 Å². The van der Waals surface area contributed by atoms with Crippen LogP contribution in [0.3, 0.4) is 0 Å². The van der Waals surface area contributed by atoms with Crippen molar-refractivity contribution >= 4 is 23.1 Å². The minimum absolute atomic E-state index is 0.223. The fourth-order valence-corrected chi connectivity index (χ4v) is 5.20. The van der Waals surface area contributed by atoms with Gasteiger partial charge in [0.15, 0.2) is 0 Å². The van der Waals surface area contributed by atoms with Gasteiger partial charge < -0.3 is 19.9 Å². The number of anilines is 4. The fourth-order valence-electron chi connectivity index (χ4n) is 5.20. The van der Waals surface area contributed by atoms with E-state index in [0.29, 0.717) is 29.4 Å². The molecule has 9 heteroatoms. The highest BCUT2D eigenvalue weighted by Gasteiger charge is 2.42. The first-order valence-electron chi connectivity index (χ1n) is 11.8. The summed E-state index contributed by atoms with van der Waals surface area (Å²) < 4.78 is 20.4. The first kappa shape index (κ1) is 21.2. The van der Waals surface area contributed by atoms with Gasteiger partial charge in [0.25, 0.3) is 0 Å². The lowest BCUT2D eigenvalue weighted by molar-refractivity contribution is 0.122. The van der Waals surface area contributed by atoms with Crippen LogP contribution in [0.15, 0.2) is 48.8 Å². The number of aromatic nitrogens is 3. The zero-order valence-corrected chi connectivity index (χ0v) is 19.2. The van der Waals surface area contributed by atoms with E-state index in [-0.39, 0.29) is 5.82 Å². The average molecular weight is 462 g/mol. The molecule has 2 atom stereocenters. The average Bonchev–Trinajstić information content (AvgIpc) is 3.45. The van der Waals surface area contributed by atoms with Crippen LogP contribution in [-0.4, -0.2) is 78.4 Å². The van der Waals surface area contributed by atoms with Crippen LogP contribution in [0.4, 0.5) is 27.5 Å². The van der Waals surface area contributed by atoms with E-state index < -0.39 is 0 Å². The van der Waals surface area contributed by atoms with Gasteiger partial charge in [0, 0.05) is 61.9 Å². The molecule has 0 aliphatic carbocycles. The number of nitrogens with one attached hydrogen (secondary N) is 1. The minimum Gasteiger partial charge on any atom is -0.378 e. The maximum Gasteiger partial charge on any atom is 0.227 e. The number of morpholine rings is 1. The van der Waals surface area contributed by atoms with Crippen molar-refractivity contribution in [3.63, 3.8) is 0 Å². The molecule has 2 aromatic heterocycles. The van der Waals surface area contributed by atoms with Crippen LogP contribution in [0.25, 0.3) is 11.3 Å². The minimum atomic E-state index is -0.223. The number of rotatable bonds is 5. The van der Waals surface area contributed by atoms with E-state index in [4.69, 9.17) is 4.74 Å². The molecule has 3 aromatic rings. The molecular formula is C25H28FN7O. The van der Waals surface area contributed by atoms with E-state index >= 15 is 4.39 Å². The number of fused-ring (bicyclic) bond motifs is 2. The third-order valence-electron chi connectivity index (χ3n) is 7.06. The molecule has 6 rings (SSSR count). The quantitative estimate of drug-likeness (QED) is 0.622. The number of piperazine rings is 1. The van der Waals surface area contributed by atoms with Gasteiger partial charge in [-0.3, -0.25) is 4.90 Å². The van der Waals surface area contributed by atoms with Gasteiger partial charge in [0.1, 0.15) is 11.6 Å². The predicted octanol–water partition coefficient (Wildman–Crippen LogP) is 3.15. The molecule has 3 fully saturated rings. The van der Waals surface area contributed by atoms with Gasteiger partial charge in [-0.25, -0.2) is 19.3 Å².